The summed E-state index contributed by atoms with van der Waals surface area (Å²) in [6.07, 6.45) is 4.69. The summed E-state index contributed by atoms with van der Waals surface area (Å²) < 4.78 is 0. The average molecular weight is 316 g/mol. The fraction of sp³-hybridized carbons (Fsp3) is 0.182. The van der Waals surface area contributed by atoms with Gasteiger partial charge in [0.1, 0.15) is 5.78 Å². The van der Waals surface area contributed by atoms with E-state index in [0.717, 1.165) is 30.5 Å². The number of nitrogen functional groups attached to an aromatic ring is 1. The second-order valence-corrected chi connectivity index (χ2v) is 6.05. The molecule has 1 radical (unpaired) electrons. The molecule has 0 aromatic heterocycles. The quantitative estimate of drug-likeness (QED) is 0.639. The van der Waals surface area contributed by atoms with E-state index < -0.39 is 0 Å². The Hall–Kier alpha value is -2.61. The zero-order valence-corrected chi connectivity index (χ0v) is 13.7. The normalized spacial score (nSPS) is 10.8. The van der Waals surface area contributed by atoms with Gasteiger partial charge in [-0.25, -0.2) is 0 Å². The van der Waals surface area contributed by atoms with Crippen molar-refractivity contribution >= 4 is 22.2 Å². The van der Waals surface area contributed by atoms with Crippen molar-refractivity contribution in [3.8, 4) is 0 Å². The summed E-state index contributed by atoms with van der Waals surface area (Å²) in [6, 6.07) is 22.4. The van der Waals surface area contributed by atoms with Gasteiger partial charge in [0.15, 0.2) is 0 Å². The molecule has 0 aliphatic rings. The Morgan fingerprint density at radius 3 is 2.42 bits per heavy atom. The van der Waals surface area contributed by atoms with E-state index in [1.807, 2.05) is 36.4 Å². The average Bonchev–Trinajstić information content (AvgIpc) is 2.61. The van der Waals surface area contributed by atoms with Crippen molar-refractivity contribution in [2.75, 3.05) is 5.73 Å². The number of carbonyl (C=O) groups excluding carboxylic acids is 1. The van der Waals surface area contributed by atoms with Gasteiger partial charge in [-0.3, -0.25) is 4.79 Å². The van der Waals surface area contributed by atoms with Crippen molar-refractivity contribution < 1.29 is 4.79 Å². The molecule has 2 N–H and O–H groups in total. The monoisotopic (exact) mass is 316 g/mol. The Bertz CT molecular complexity index is 833. The molecule has 0 saturated heterocycles. The largest absolute Gasteiger partial charge is 0.399 e. The Morgan fingerprint density at radius 2 is 1.54 bits per heavy atom. The number of para-hydroxylation sites is 1. The number of nitrogens with two attached hydrogens (primary N) is 1. The Morgan fingerprint density at radius 1 is 0.833 bits per heavy atom. The van der Waals surface area contributed by atoms with E-state index in [2.05, 4.69) is 30.3 Å². The Balaban J connectivity index is 1.51. The Kier molecular flexibility index (Phi) is 5.27. The number of carbonyl (C=O) groups is 1. The molecule has 0 bridgehead atoms. The van der Waals surface area contributed by atoms with Gasteiger partial charge in [-0.15, -0.1) is 0 Å². The molecular formula is C22H22NO. The molecule has 0 atom stereocenters. The van der Waals surface area contributed by atoms with Crippen molar-refractivity contribution in [1.82, 2.24) is 0 Å². The van der Waals surface area contributed by atoms with Gasteiger partial charge in [-0.2, -0.15) is 0 Å². The van der Waals surface area contributed by atoms with Crippen molar-refractivity contribution in [2.45, 2.75) is 25.7 Å². The van der Waals surface area contributed by atoms with E-state index in [9.17, 15) is 4.79 Å². The van der Waals surface area contributed by atoms with Crippen molar-refractivity contribution in [3.63, 3.8) is 0 Å². The first-order valence-electron chi connectivity index (χ1n) is 8.40. The summed E-state index contributed by atoms with van der Waals surface area (Å²) in [5.74, 6) is 0.206. The number of hydrogen-bond donors (Lipinski definition) is 1. The van der Waals surface area contributed by atoms with E-state index in [1.165, 1.54) is 16.3 Å². The minimum atomic E-state index is 0.206. The van der Waals surface area contributed by atoms with Gasteiger partial charge in [0.2, 0.25) is 0 Å². The third-order valence-corrected chi connectivity index (χ3v) is 4.36. The molecule has 121 valence electrons. The number of rotatable bonds is 7. The lowest BCUT2D eigenvalue weighted by Gasteiger charge is -2.07. The van der Waals surface area contributed by atoms with Gasteiger partial charge in [-0.1, -0.05) is 60.7 Å². The first-order chi connectivity index (χ1) is 11.7. The lowest BCUT2D eigenvalue weighted by Crippen LogP contribution is -2.03. The first kappa shape index (κ1) is 16.3. The molecule has 0 amide bonds. The highest BCUT2D eigenvalue weighted by atomic mass is 16.1. The number of hydrogen-bond acceptors (Lipinski definition) is 2. The molecule has 0 saturated carbocycles. The molecular weight excluding hydrogens is 294 g/mol. The number of ketones is 1. The topological polar surface area (TPSA) is 43.1 Å². The number of benzene rings is 3. The summed E-state index contributed by atoms with van der Waals surface area (Å²) in [5, 5.41) is 2.47. The number of aryl methyl sites for hydroxylation is 2. The predicted octanol–water partition coefficient (Wildman–Crippen LogP) is 4.76. The molecule has 0 heterocycles. The van der Waals surface area contributed by atoms with Crippen molar-refractivity contribution in [2.24, 2.45) is 0 Å². The van der Waals surface area contributed by atoms with E-state index in [4.69, 9.17) is 5.73 Å². The molecule has 0 spiro atoms. The summed E-state index contributed by atoms with van der Waals surface area (Å²) in [5.41, 5.74) is 9.07. The SMILES string of the molecule is Nc1ccccc1CC[CH]C(=O)CCc1cccc2ccccc12. The van der Waals surface area contributed by atoms with E-state index in [1.54, 1.807) is 6.42 Å². The van der Waals surface area contributed by atoms with Crippen LogP contribution in [0.15, 0.2) is 66.7 Å². The molecule has 0 fully saturated rings. The van der Waals surface area contributed by atoms with Crippen LogP contribution in [0.2, 0.25) is 0 Å². The van der Waals surface area contributed by atoms with Crippen LogP contribution < -0.4 is 5.73 Å². The van der Waals surface area contributed by atoms with Crippen LogP contribution >= 0.6 is 0 Å². The molecule has 0 aliphatic heterocycles. The maximum atomic E-state index is 12.1. The lowest BCUT2D eigenvalue weighted by molar-refractivity contribution is -0.116. The van der Waals surface area contributed by atoms with Gasteiger partial charge < -0.3 is 5.73 Å². The smallest absolute Gasteiger partial charge is 0.137 e. The molecule has 2 nitrogen and oxygen atoms in total. The second kappa shape index (κ2) is 7.78. The highest BCUT2D eigenvalue weighted by Crippen LogP contribution is 2.20. The molecule has 2 heteroatoms. The fourth-order valence-corrected chi connectivity index (χ4v) is 3.02. The van der Waals surface area contributed by atoms with Gasteiger partial charge in [0.25, 0.3) is 0 Å². The first-order valence-corrected chi connectivity index (χ1v) is 8.40. The van der Waals surface area contributed by atoms with Crippen LogP contribution in [0.5, 0.6) is 0 Å². The van der Waals surface area contributed by atoms with E-state index in [-0.39, 0.29) is 5.78 Å². The minimum absolute atomic E-state index is 0.206. The van der Waals surface area contributed by atoms with Crippen LogP contribution in [-0.4, -0.2) is 5.78 Å². The zero-order valence-electron chi connectivity index (χ0n) is 13.7. The summed E-state index contributed by atoms with van der Waals surface area (Å²) in [7, 11) is 0. The summed E-state index contributed by atoms with van der Waals surface area (Å²) in [4.78, 5) is 12.1. The highest BCUT2D eigenvalue weighted by Gasteiger charge is 2.07. The van der Waals surface area contributed by atoms with Crippen LogP contribution in [0.4, 0.5) is 5.69 Å². The van der Waals surface area contributed by atoms with Crippen LogP contribution in [0, 0.1) is 6.42 Å². The standard InChI is InChI=1S/C22H22NO/c23-22-14-4-2-8-19(22)11-6-12-20(24)16-15-18-10-5-9-17-7-1-3-13-21(17)18/h1-5,7-10,12-14H,6,11,15-16,23H2. The van der Waals surface area contributed by atoms with Crippen LogP contribution in [0.1, 0.15) is 24.0 Å². The number of anilines is 1. The lowest BCUT2D eigenvalue weighted by atomic mass is 9.98. The maximum Gasteiger partial charge on any atom is 0.137 e. The third-order valence-electron chi connectivity index (χ3n) is 4.36. The van der Waals surface area contributed by atoms with Gasteiger partial charge in [0, 0.05) is 18.5 Å². The van der Waals surface area contributed by atoms with Gasteiger partial charge >= 0.3 is 0 Å². The number of Topliss-reactive ketones (excluding diaryl/α,β-unsaturated/α-hetero) is 1. The van der Waals surface area contributed by atoms with Gasteiger partial charge in [-0.05, 0) is 47.2 Å². The molecule has 0 unspecified atom stereocenters. The highest BCUT2D eigenvalue weighted by molar-refractivity contribution is 5.89. The molecule has 3 rings (SSSR count). The van der Waals surface area contributed by atoms with Gasteiger partial charge in [0.05, 0.1) is 0 Å². The molecule has 3 aromatic rings. The predicted molar refractivity (Wildman–Crippen MR) is 101 cm³/mol. The molecule has 0 aliphatic carbocycles. The number of fused-ring (bicyclic) bond motifs is 1. The summed E-state index contributed by atoms with van der Waals surface area (Å²) in [6.45, 7) is 0. The maximum absolute atomic E-state index is 12.1. The van der Waals surface area contributed by atoms with Crippen LogP contribution in [0.25, 0.3) is 10.8 Å². The second-order valence-electron chi connectivity index (χ2n) is 6.05. The molecule has 3 aromatic carbocycles. The van der Waals surface area contributed by atoms with Crippen molar-refractivity contribution in [3.05, 3.63) is 84.3 Å². The zero-order chi connectivity index (χ0) is 16.8. The summed E-state index contributed by atoms with van der Waals surface area (Å²) >= 11 is 0. The van der Waals surface area contributed by atoms with E-state index >= 15 is 0 Å². The fourth-order valence-electron chi connectivity index (χ4n) is 3.02. The van der Waals surface area contributed by atoms with Crippen LogP contribution in [0.3, 0.4) is 0 Å². The molecule has 24 heavy (non-hydrogen) atoms. The Labute approximate surface area is 143 Å². The van der Waals surface area contributed by atoms with Crippen LogP contribution in [-0.2, 0) is 17.6 Å². The van der Waals surface area contributed by atoms with Crippen molar-refractivity contribution in [1.29, 1.82) is 0 Å². The minimum Gasteiger partial charge on any atom is -0.399 e. The van der Waals surface area contributed by atoms with E-state index in [0.29, 0.717) is 6.42 Å². The third kappa shape index (κ3) is 4.02.